The first kappa shape index (κ1) is 11.6. The predicted octanol–water partition coefficient (Wildman–Crippen LogP) is 2.03. The maximum Gasteiger partial charge on any atom is 0.178 e. The molecule has 16 heavy (non-hydrogen) atoms. The Morgan fingerprint density at radius 2 is 2.00 bits per heavy atom. The van der Waals surface area contributed by atoms with E-state index >= 15 is 0 Å². The third kappa shape index (κ3) is 2.83. The first-order valence-electron chi connectivity index (χ1n) is 5.58. The summed E-state index contributed by atoms with van der Waals surface area (Å²) in [6.45, 7) is 0.774. The standard InChI is InChI=1S/C12H16O3S/c13-16(14,12-6-2-1-3-7-12)10-8-11-5-4-9-15-11/h1-3,6-7,11H,4-5,8-10H2. The van der Waals surface area contributed by atoms with Gasteiger partial charge in [-0.05, 0) is 31.4 Å². The SMILES string of the molecule is O=S(=O)(CCC1CCCO1)c1ccccc1. The molecule has 1 saturated heterocycles. The van der Waals surface area contributed by atoms with Gasteiger partial charge in [-0.15, -0.1) is 0 Å². The van der Waals surface area contributed by atoms with Gasteiger partial charge >= 0.3 is 0 Å². The molecule has 1 heterocycles. The number of ether oxygens (including phenoxy) is 1. The van der Waals surface area contributed by atoms with E-state index in [1.165, 1.54) is 0 Å². The lowest BCUT2D eigenvalue weighted by Gasteiger charge is -2.09. The molecule has 0 spiro atoms. The fourth-order valence-corrected chi connectivity index (χ4v) is 3.28. The number of hydrogen-bond acceptors (Lipinski definition) is 3. The van der Waals surface area contributed by atoms with E-state index in [1.807, 2.05) is 6.07 Å². The molecule has 1 aliphatic rings. The van der Waals surface area contributed by atoms with E-state index in [0.717, 1.165) is 19.4 Å². The fraction of sp³-hybridized carbons (Fsp3) is 0.500. The van der Waals surface area contributed by atoms with E-state index in [9.17, 15) is 8.42 Å². The summed E-state index contributed by atoms with van der Waals surface area (Å²) in [5.74, 6) is 0.182. The monoisotopic (exact) mass is 240 g/mol. The minimum atomic E-state index is -3.13. The van der Waals surface area contributed by atoms with Gasteiger partial charge in [-0.3, -0.25) is 0 Å². The molecule has 1 fully saturated rings. The zero-order valence-corrected chi connectivity index (χ0v) is 9.95. The highest BCUT2D eigenvalue weighted by atomic mass is 32.2. The largest absolute Gasteiger partial charge is 0.378 e. The highest BCUT2D eigenvalue weighted by molar-refractivity contribution is 7.91. The maximum atomic E-state index is 11.9. The summed E-state index contributed by atoms with van der Waals surface area (Å²) in [4.78, 5) is 0.410. The molecule has 0 aliphatic carbocycles. The third-order valence-corrected chi connectivity index (χ3v) is 4.60. The highest BCUT2D eigenvalue weighted by Crippen LogP contribution is 2.18. The molecule has 4 heteroatoms. The van der Waals surface area contributed by atoms with Crippen LogP contribution in [0.3, 0.4) is 0 Å². The molecule has 0 bridgehead atoms. The van der Waals surface area contributed by atoms with Crippen LogP contribution in [-0.2, 0) is 14.6 Å². The van der Waals surface area contributed by atoms with Crippen molar-refractivity contribution in [1.82, 2.24) is 0 Å². The third-order valence-electron chi connectivity index (χ3n) is 2.83. The van der Waals surface area contributed by atoms with Crippen LogP contribution in [0.4, 0.5) is 0 Å². The lowest BCUT2D eigenvalue weighted by molar-refractivity contribution is 0.109. The fourth-order valence-electron chi connectivity index (χ4n) is 1.90. The van der Waals surface area contributed by atoms with Crippen LogP contribution in [0.15, 0.2) is 35.2 Å². The smallest absolute Gasteiger partial charge is 0.178 e. The Hall–Kier alpha value is -0.870. The van der Waals surface area contributed by atoms with E-state index in [4.69, 9.17) is 4.74 Å². The number of sulfone groups is 1. The van der Waals surface area contributed by atoms with E-state index in [0.29, 0.717) is 11.3 Å². The first-order chi connectivity index (χ1) is 7.68. The van der Waals surface area contributed by atoms with Crippen LogP contribution in [-0.4, -0.2) is 26.9 Å². The summed E-state index contributed by atoms with van der Waals surface area (Å²) in [5.41, 5.74) is 0. The molecule has 1 atom stereocenters. The number of benzene rings is 1. The normalized spacial score (nSPS) is 21.1. The van der Waals surface area contributed by atoms with Gasteiger partial charge in [-0.2, -0.15) is 0 Å². The molecule has 3 nitrogen and oxygen atoms in total. The van der Waals surface area contributed by atoms with Crippen molar-refractivity contribution in [2.24, 2.45) is 0 Å². The summed E-state index contributed by atoms with van der Waals surface area (Å²) in [6, 6.07) is 8.60. The molecule has 1 aliphatic heterocycles. The van der Waals surface area contributed by atoms with Gasteiger partial charge in [-0.1, -0.05) is 18.2 Å². The zero-order valence-electron chi connectivity index (χ0n) is 9.13. The van der Waals surface area contributed by atoms with Crippen molar-refractivity contribution in [3.05, 3.63) is 30.3 Å². The lowest BCUT2D eigenvalue weighted by atomic mass is 10.2. The number of rotatable bonds is 4. The van der Waals surface area contributed by atoms with Crippen LogP contribution >= 0.6 is 0 Å². The first-order valence-corrected chi connectivity index (χ1v) is 7.23. The Balaban J connectivity index is 1.98. The number of hydrogen-bond donors (Lipinski definition) is 0. The Morgan fingerprint density at radius 1 is 1.25 bits per heavy atom. The molecule has 1 unspecified atom stereocenters. The summed E-state index contributed by atoms with van der Waals surface area (Å²) in [5, 5.41) is 0. The van der Waals surface area contributed by atoms with Gasteiger partial charge in [0.25, 0.3) is 0 Å². The van der Waals surface area contributed by atoms with Gasteiger partial charge in [-0.25, -0.2) is 8.42 Å². The summed E-state index contributed by atoms with van der Waals surface area (Å²) in [6.07, 6.45) is 2.79. The second-order valence-corrected chi connectivity index (χ2v) is 6.16. The molecular weight excluding hydrogens is 224 g/mol. The van der Waals surface area contributed by atoms with Gasteiger partial charge in [0.2, 0.25) is 0 Å². The summed E-state index contributed by atoms with van der Waals surface area (Å²) in [7, 11) is -3.13. The second-order valence-electron chi connectivity index (χ2n) is 4.06. The second kappa shape index (κ2) is 4.97. The molecule has 88 valence electrons. The topological polar surface area (TPSA) is 43.4 Å². The van der Waals surface area contributed by atoms with Crippen molar-refractivity contribution in [3.63, 3.8) is 0 Å². The average Bonchev–Trinajstić information content (AvgIpc) is 2.81. The van der Waals surface area contributed by atoms with Crippen LogP contribution in [0.2, 0.25) is 0 Å². The molecule has 0 saturated carbocycles. The minimum Gasteiger partial charge on any atom is -0.378 e. The van der Waals surface area contributed by atoms with Crippen molar-refractivity contribution in [2.45, 2.75) is 30.3 Å². The quantitative estimate of drug-likeness (QED) is 0.808. The van der Waals surface area contributed by atoms with E-state index < -0.39 is 9.84 Å². The van der Waals surface area contributed by atoms with Gasteiger partial charge in [0.15, 0.2) is 9.84 Å². The minimum absolute atomic E-state index is 0.137. The highest BCUT2D eigenvalue weighted by Gasteiger charge is 2.20. The molecule has 0 N–H and O–H groups in total. The van der Waals surface area contributed by atoms with Crippen molar-refractivity contribution in [3.8, 4) is 0 Å². The molecule has 1 aromatic rings. The van der Waals surface area contributed by atoms with E-state index in [2.05, 4.69) is 0 Å². The Labute approximate surface area is 96.4 Å². The zero-order chi connectivity index (χ0) is 11.4. The van der Waals surface area contributed by atoms with Crippen LogP contribution in [0.5, 0.6) is 0 Å². The van der Waals surface area contributed by atoms with Crippen LogP contribution in [0.25, 0.3) is 0 Å². The maximum absolute atomic E-state index is 11.9. The predicted molar refractivity (Wildman–Crippen MR) is 62.1 cm³/mol. The van der Waals surface area contributed by atoms with Crippen LogP contribution in [0.1, 0.15) is 19.3 Å². The molecule has 0 radical (unpaired) electrons. The van der Waals surface area contributed by atoms with Crippen LogP contribution in [0, 0.1) is 0 Å². The van der Waals surface area contributed by atoms with Crippen LogP contribution < -0.4 is 0 Å². The summed E-state index contributed by atoms with van der Waals surface area (Å²) >= 11 is 0. The van der Waals surface area contributed by atoms with E-state index in [-0.39, 0.29) is 11.9 Å². The van der Waals surface area contributed by atoms with Crippen molar-refractivity contribution >= 4 is 9.84 Å². The Kier molecular flexibility index (Phi) is 3.61. The molecule has 2 rings (SSSR count). The summed E-state index contributed by atoms with van der Waals surface area (Å²) < 4.78 is 29.3. The Morgan fingerprint density at radius 3 is 2.62 bits per heavy atom. The van der Waals surface area contributed by atoms with Crippen molar-refractivity contribution < 1.29 is 13.2 Å². The lowest BCUT2D eigenvalue weighted by Crippen LogP contribution is -2.14. The van der Waals surface area contributed by atoms with Gasteiger partial charge in [0.1, 0.15) is 0 Å². The molecular formula is C12H16O3S. The van der Waals surface area contributed by atoms with Crippen molar-refractivity contribution in [2.75, 3.05) is 12.4 Å². The Bertz CT molecular complexity index is 419. The molecule has 0 amide bonds. The molecule has 1 aromatic carbocycles. The van der Waals surface area contributed by atoms with Gasteiger partial charge in [0, 0.05) is 6.61 Å². The van der Waals surface area contributed by atoms with Gasteiger partial charge < -0.3 is 4.74 Å². The van der Waals surface area contributed by atoms with Crippen molar-refractivity contribution in [1.29, 1.82) is 0 Å². The van der Waals surface area contributed by atoms with E-state index in [1.54, 1.807) is 24.3 Å². The van der Waals surface area contributed by atoms with Gasteiger partial charge in [0.05, 0.1) is 16.8 Å². The average molecular weight is 240 g/mol. The molecule has 0 aromatic heterocycles.